The Balaban J connectivity index is 2.10. The van der Waals surface area contributed by atoms with Gasteiger partial charge < -0.3 is 10.1 Å². The van der Waals surface area contributed by atoms with Crippen molar-refractivity contribution in [3.05, 3.63) is 0 Å². The van der Waals surface area contributed by atoms with Crippen molar-refractivity contribution in [2.75, 3.05) is 26.3 Å². The minimum Gasteiger partial charge on any atom is -0.378 e. The Morgan fingerprint density at radius 1 is 1.20 bits per heavy atom. The van der Waals surface area contributed by atoms with Crippen LogP contribution in [0.25, 0.3) is 0 Å². The van der Waals surface area contributed by atoms with Crippen molar-refractivity contribution < 1.29 is 4.74 Å². The van der Waals surface area contributed by atoms with Gasteiger partial charge in [0, 0.05) is 24.7 Å². The molecule has 1 aliphatic heterocycles. The van der Waals surface area contributed by atoms with E-state index in [1.54, 1.807) is 0 Å². The zero-order chi connectivity index (χ0) is 14.5. The van der Waals surface area contributed by atoms with Crippen molar-refractivity contribution in [2.45, 2.75) is 71.5 Å². The van der Waals surface area contributed by atoms with E-state index < -0.39 is 0 Å². The third kappa shape index (κ3) is 3.75. The first-order valence-electron chi connectivity index (χ1n) is 8.74. The van der Waals surface area contributed by atoms with Crippen molar-refractivity contribution >= 4 is 0 Å². The van der Waals surface area contributed by atoms with Crippen LogP contribution in [0.4, 0.5) is 0 Å². The molecule has 118 valence electrons. The molecule has 1 N–H and O–H groups in total. The summed E-state index contributed by atoms with van der Waals surface area (Å²) in [5, 5.41) is 3.84. The molecule has 1 saturated carbocycles. The van der Waals surface area contributed by atoms with Gasteiger partial charge in [-0.1, -0.05) is 27.7 Å². The number of morpholine rings is 1. The van der Waals surface area contributed by atoms with Crippen molar-refractivity contribution in [3.63, 3.8) is 0 Å². The van der Waals surface area contributed by atoms with Gasteiger partial charge in [-0.25, -0.2) is 0 Å². The van der Waals surface area contributed by atoms with Crippen LogP contribution in [0.5, 0.6) is 0 Å². The minimum atomic E-state index is 0.621. The van der Waals surface area contributed by atoms with Gasteiger partial charge in [-0.3, -0.25) is 4.90 Å². The fraction of sp³-hybridized carbons (Fsp3) is 1.00. The second-order valence-electron chi connectivity index (χ2n) is 6.98. The SMILES string of the molecule is CCCNC1CC(C)CC(C)C1N1CCOCC1CC. The Morgan fingerprint density at radius 3 is 2.70 bits per heavy atom. The molecule has 2 rings (SSSR count). The van der Waals surface area contributed by atoms with Gasteiger partial charge in [0.25, 0.3) is 0 Å². The summed E-state index contributed by atoms with van der Waals surface area (Å²) < 4.78 is 5.70. The summed E-state index contributed by atoms with van der Waals surface area (Å²) >= 11 is 0. The molecule has 1 aliphatic carbocycles. The average Bonchev–Trinajstić information content (AvgIpc) is 2.44. The largest absolute Gasteiger partial charge is 0.378 e. The zero-order valence-corrected chi connectivity index (χ0v) is 13.9. The summed E-state index contributed by atoms with van der Waals surface area (Å²) in [5.74, 6) is 1.65. The van der Waals surface area contributed by atoms with E-state index in [0.29, 0.717) is 18.1 Å². The maximum atomic E-state index is 5.70. The summed E-state index contributed by atoms with van der Waals surface area (Å²) in [4.78, 5) is 2.77. The van der Waals surface area contributed by atoms with Gasteiger partial charge in [0.15, 0.2) is 0 Å². The van der Waals surface area contributed by atoms with Crippen molar-refractivity contribution in [1.82, 2.24) is 10.2 Å². The van der Waals surface area contributed by atoms with E-state index >= 15 is 0 Å². The molecule has 2 aliphatic rings. The predicted molar refractivity (Wildman–Crippen MR) is 85.0 cm³/mol. The maximum absolute atomic E-state index is 5.70. The predicted octanol–water partition coefficient (Wildman–Crippen LogP) is 2.90. The normalized spacial score (nSPS) is 39.9. The molecule has 1 saturated heterocycles. The first-order valence-corrected chi connectivity index (χ1v) is 8.74. The highest BCUT2D eigenvalue weighted by Crippen LogP contribution is 2.34. The highest BCUT2D eigenvalue weighted by Gasteiger charge is 2.40. The van der Waals surface area contributed by atoms with Gasteiger partial charge in [0.2, 0.25) is 0 Å². The fourth-order valence-corrected chi connectivity index (χ4v) is 4.34. The summed E-state index contributed by atoms with van der Waals surface area (Å²) in [6.45, 7) is 13.6. The highest BCUT2D eigenvalue weighted by molar-refractivity contribution is 4.96. The Kier molecular flexibility index (Phi) is 6.31. The van der Waals surface area contributed by atoms with Crippen molar-refractivity contribution in [2.24, 2.45) is 11.8 Å². The quantitative estimate of drug-likeness (QED) is 0.839. The standard InChI is InChI=1S/C17H34N2O/c1-5-7-18-16-11-13(3)10-14(4)17(16)19-8-9-20-12-15(19)6-2/h13-18H,5-12H2,1-4H3. The van der Waals surface area contributed by atoms with Crippen LogP contribution >= 0.6 is 0 Å². The van der Waals surface area contributed by atoms with E-state index in [9.17, 15) is 0 Å². The molecular formula is C17H34N2O. The van der Waals surface area contributed by atoms with E-state index in [0.717, 1.165) is 38.1 Å². The van der Waals surface area contributed by atoms with E-state index in [2.05, 4.69) is 37.9 Å². The van der Waals surface area contributed by atoms with E-state index in [1.807, 2.05) is 0 Å². The molecule has 0 aromatic carbocycles. The van der Waals surface area contributed by atoms with Crippen molar-refractivity contribution in [3.8, 4) is 0 Å². The molecule has 0 aromatic rings. The average molecular weight is 282 g/mol. The number of hydrogen-bond donors (Lipinski definition) is 1. The first kappa shape index (κ1) is 16.3. The van der Waals surface area contributed by atoms with Crippen molar-refractivity contribution in [1.29, 1.82) is 0 Å². The lowest BCUT2D eigenvalue weighted by Crippen LogP contribution is -2.62. The van der Waals surface area contributed by atoms with Gasteiger partial charge in [-0.15, -0.1) is 0 Å². The molecule has 2 fully saturated rings. The van der Waals surface area contributed by atoms with Crippen LogP contribution in [0.3, 0.4) is 0 Å². The third-order valence-electron chi connectivity index (χ3n) is 5.21. The second kappa shape index (κ2) is 7.77. The highest BCUT2D eigenvalue weighted by atomic mass is 16.5. The third-order valence-corrected chi connectivity index (χ3v) is 5.21. The van der Waals surface area contributed by atoms with Crippen LogP contribution in [0.15, 0.2) is 0 Å². The first-order chi connectivity index (χ1) is 9.67. The molecule has 0 spiro atoms. The summed E-state index contributed by atoms with van der Waals surface area (Å²) in [6.07, 6.45) is 5.15. The van der Waals surface area contributed by atoms with E-state index in [-0.39, 0.29) is 0 Å². The summed E-state index contributed by atoms with van der Waals surface area (Å²) in [7, 11) is 0. The Bertz CT molecular complexity index is 284. The maximum Gasteiger partial charge on any atom is 0.0622 e. The van der Waals surface area contributed by atoms with Gasteiger partial charge in [-0.05, 0) is 44.1 Å². The molecule has 5 unspecified atom stereocenters. The smallest absolute Gasteiger partial charge is 0.0622 e. The van der Waals surface area contributed by atoms with Crippen LogP contribution in [0, 0.1) is 11.8 Å². The lowest BCUT2D eigenvalue weighted by atomic mass is 9.75. The van der Waals surface area contributed by atoms with Gasteiger partial charge in [0.05, 0.1) is 13.2 Å². The molecular weight excluding hydrogens is 248 g/mol. The molecule has 0 amide bonds. The lowest BCUT2D eigenvalue weighted by molar-refractivity contribution is -0.0613. The fourth-order valence-electron chi connectivity index (χ4n) is 4.34. The molecule has 3 heteroatoms. The zero-order valence-electron chi connectivity index (χ0n) is 13.9. The number of nitrogens with zero attached hydrogens (tertiary/aromatic N) is 1. The molecule has 20 heavy (non-hydrogen) atoms. The minimum absolute atomic E-state index is 0.621. The van der Waals surface area contributed by atoms with Crippen LogP contribution < -0.4 is 5.32 Å². The molecule has 0 radical (unpaired) electrons. The van der Waals surface area contributed by atoms with Crippen LogP contribution in [0.2, 0.25) is 0 Å². The topological polar surface area (TPSA) is 24.5 Å². The van der Waals surface area contributed by atoms with Crippen LogP contribution in [0.1, 0.15) is 53.4 Å². The summed E-state index contributed by atoms with van der Waals surface area (Å²) in [6, 6.07) is 1.99. The van der Waals surface area contributed by atoms with Crippen LogP contribution in [-0.4, -0.2) is 49.3 Å². The number of hydrogen-bond acceptors (Lipinski definition) is 3. The molecule has 3 nitrogen and oxygen atoms in total. The Hall–Kier alpha value is -0.120. The number of nitrogens with one attached hydrogen (secondary N) is 1. The molecule has 0 aromatic heterocycles. The monoisotopic (exact) mass is 282 g/mol. The van der Waals surface area contributed by atoms with Crippen LogP contribution in [-0.2, 0) is 4.74 Å². The van der Waals surface area contributed by atoms with Gasteiger partial charge >= 0.3 is 0 Å². The Morgan fingerprint density at radius 2 is 2.00 bits per heavy atom. The molecule has 1 heterocycles. The summed E-state index contributed by atoms with van der Waals surface area (Å²) in [5.41, 5.74) is 0. The van der Waals surface area contributed by atoms with Gasteiger partial charge in [0.1, 0.15) is 0 Å². The number of rotatable bonds is 5. The number of ether oxygens (including phenoxy) is 1. The molecule has 5 atom stereocenters. The molecule has 0 bridgehead atoms. The van der Waals surface area contributed by atoms with E-state index in [1.165, 1.54) is 25.7 Å². The Labute approximate surface area is 125 Å². The van der Waals surface area contributed by atoms with E-state index in [4.69, 9.17) is 4.74 Å². The lowest BCUT2D eigenvalue weighted by Gasteiger charge is -2.50. The second-order valence-corrected chi connectivity index (χ2v) is 6.98. The van der Waals surface area contributed by atoms with Gasteiger partial charge in [-0.2, -0.15) is 0 Å².